The number of nitrogens with one attached hydrogen (secondary N) is 1. The fourth-order valence-electron chi connectivity index (χ4n) is 3.66. The van der Waals surface area contributed by atoms with Gasteiger partial charge in [-0.25, -0.2) is 14.3 Å². The number of carbonyl (C=O) groups excluding carboxylic acids is 2. The third-order valence-corrected chi connectivity index (χ3v) is 5.00. The van der Waals surface area contributed by atoms with Crippen molar-refractivity contribution in [2.75, 3.05) is 19.6 Å². The quantitative estimate of drug-likeness (QED) is 0.847. The lowest BCUT2D eigenvalue weighted by molar-refractivity contribution is 0.0438. The third kappa shape index (κ3) is 2.81. The zero-order valence-electron chi connectivity index (χ0n) is 14.4. The van der Waals surface area contributed by atoms with Crippen molar-refractivity contribution in [2.45, 2.75) is 38.7 Å². The van der Waals surface area contributed by atoms with Gasteiger partial charge in [0.05, 0.1) is 12.2 Å². The number of aromatic nitrogens is 3. The average molecular weight is 343 g/mol. The van der Waals surface area contributed by atoms with Gasteiger partial charge in [-0.3, -0.25) is 4.79 Å². The van der Waals surface area contributed by atoms with Crippen molar-refractivity contribution < 1.29 is 14.3 Å². The molecule has 0 saturated carbocycles. The molecule has 1 N–H and O–H groups in total. The number of ether oxygens (including phenoxy) is 1. The van der Waals surface area contributed by atoms with Gasteiger partial charge in [-0.2, -0.15) is 5.10 Å². The smallest absolute Gasteiger partial charge is 0.407 e. The number of nitrogens with zero attached hydrogens (tertiary/aromatic N) is 4. The van der Waals surface area contributed by atoms with Gasteiger partial charge in [-0.05, 0) is 32.8 Å². The lowest BCUT2D eigenvalue weighted by atomic mass is 9.95. The Bertz CT molecular complexity index is 861. The maximum absolute atomic E-state index is 12.9. The van der Waals surface area contributed by atoms with Crippen LogP contribution < -0.4 is 5.32 Å². The molecule has 2 saturated heterocycles. The van der Waals surface area contributed by atoms with E-state index in [2.05, 4.69) is 15.4 Å². The molecule has 1 atom stereocenters. The molecule has 2 aromatic heterocycles. The number of hydrogen-bond acceptors (Lipinski definition) is 5. The number of fused-ring (bicyclic) bond motifs is 1. The zero-order valence-corrected chi connectivity index (χ0v) is 14.4. The second-order valence-electron chi connectivity index (χ2n) is 6.91. The minimum absolute atomic E-state index is 0.0845. The maximum atomic E-state index is 12.9. The van der Waals surface area contributed by atoms with E-state index in [1.165, 1.54) is 0 Å². The number of aryl methyl sites for hydroxylation is 2. The fourth-order valence-corrected chi connectivity index (χ4v) is 3.66. The number of hydrogen-bond donors (Lipinski definition) is 1. The van der Waals surface area contributed by atoms with E-state index < -0.39 is 5.60 Å². The Labute approximate surface area is 145 Å². The predicted molar refractivity (Wildman–Crippen MR) is 89.4 cm³/mol. The highest BCUT2D eigenvalue weighted by molar-refractivity contribution is 5.93. The van der Waals surface area contributed by atoms with Crippen LogP contribution in [0.15, 0.2) is 12.1 Å². The Kier molecular flexibility index (Phi) is 3.63. The first-order valence-electron chi connectivity index (χ1n) is 8.56. The van der Waals surface area contributed by atoms with Crippen molar-refractivity contribution in [3.8, 4) is 0 Å². The first-order valence-corrected chi connectivity index (χ1v) is 8.56. The summed E-state index contributed by atoms with van der Waals surface area (Å²) in [6.45, 7) is 5.53. The molecule has 0 aliphatic carbocycles. The first-order chi connectivity index (χ1) is 12.0. The Balaban J connectivity index is 1.55. The minimum atomic E-state index is -0.470. The van der Waals surface area contributed by atoms with E-state index in [4.69, 9.17) is 4.74 Å². The van der Waals surface area contributed by atoms with Crippen LogP contribution in [0, 0.1) is 13.8 Å². The van der Waals surface area contributed by atoms with Gasteiger partial charge in [0.2, 0.25) is 0 Å². The van der Waals surface area contributed by atoms with E-state index >= 15 is 0 Å². The minimum Gasteiger partial charge on any atom is -0.441 e. The molecule has 1 unspecified atom stereocenters. The van der Waals surface area contributed by atoms with Crippen molar-refractivity contribution in [2.24, 2.45) is 0 Å². The molecule has 2 fully saturated rings. The van der Waals surface area contributed by atoms with Crippen molar-refractivity contribution in [3.63, 3.8) is 0 Å². The molecule has 2 aliphatic rings. The van der Waals surface area contributed by atoms with E-state index in [-0.39, 0.29) is 12.0 Å². The molecule has 2 aliphatic heterocycles. The van der Waals surface area contributed by atoms with Gasteiger partial charge in [-0.1, -0.05) is 0 Å². The molecule has 2 amide bonds. The standard InChI is InChI=1S/C17H21N5O3/c1-11-8-14-19-13(9-12(2)22(14)20-11)15(23)21-6-3-4-17(5-7-21)10-18-16(24)25-17/h8-9H,3-7,10H2,1-2H3,(H,18,24). The number of likely N-dealkylation sites (tertiary alicyclic amines) is 1. The molecule has 2 aromatic rings. The monoisotopic (exact) mass is 343 g/mol. The zero-order chi connectivity index (χ0) is 17.6. The van der Waals surface area contributed by atoms with Gasteiger partial charge in [0.25, 0.3) is 5.91 Å². The van der Waals surface area contributed by atoms with E-state index in [0.717, 1.165) is 24.2 Å². The SMILES string of the molecule is Cc1cc2nc(C(=O)N3CCCC4(CC3)CNC(=O)O4)cc(C)n2n1. The summed E-state index contributed by atoms with van der Waals surface area (Å²) in [5, 5.41) is 7.10. The molecule has 8 nitrogen and oxygen atoms in total. The van der Waals surface area contributed by atoms with Crippen molar-refractivity contribution in [1.29, 1.82) is 0 Å². The van der Waals surface area contributed by atoms with Crippen LogP contribution in [0.2, 0.25) is 0 Å². The molecule has 25 heavy (non-hydrogen) atoms. The lowest BCUT2D eigenvalue weighted by Crippen LogP contribution is -2.37. The van der Waals surface area contributed by atoms with E-state index in [1.807, 2.05) is 24.8 Å². The van der Waals surface area contributed by atoms with E-state index in [1.54, 1.807) is 10.6 Å². The van der Waals surface area contributed by atoms with E-state index in [0.29, 0.717) is 37.4 Å². The normalized spacial score (nSPS) is 23.6. The summed E-state index contributed by atoms with van der Waals surface area (Å²) in [4.78, 5) is 30.6. The summed E-state index contributed by atoms with van der Waals surface area (Å²) >= 11 is 0. The van der Waals surface area contributed by atoms with Crippen LogP contribution in [0.25, 0.3) is 5.65 Å². The van der Waals surface area contributed by atoms with Crippen LogP contribution in [-0.4, -0.2) is 56.7 Å². The Hall–Kier alpha value is -2.64. The van der Waals surface area contributed by atoms with Gasteiger partial charge < -0.3 is 15.0 Å². The fraction of sp³-hybridized carbons (Fsp3) is 0.529. The van der Waals surface area contributed by atoms with Crippen LogP contribution in [0.1, 0.15) is 41.1 Å². The van der Waals surface area contributed by atoms with Gasteiger partial charge in [0, 0.05) is 31.3 Å². The number of carbonyl (C=O) groups is 2. The second kappa shape index (κ2) is 5.72. The Morgan fingerprint density at radius 1 is 1.28 bits per heavy atom. The van der Waals surface area contributed by atoms with Crippen LogP contribution in [0.5, 0.6) is 0 Å². The molecule has 0 aromatic carbocycles. The molecule has 0 bridgehead atoms. The largest absolute Gasteiger partial charge is 0.441 e. The van der Waals surface area contributed by atoms with Gasteiger partial charge in [0.15, 0.2) is 5.65 Å². The Morgan fingerprint density at radius 3 is 2.88 bits per heavy atom. The number of alkyl carbamates (subject to hydrolysis) is 1. The maximum Gasteiger partial charge on any atom is 0.407 e. The summed E-state index contributed by atoms with van der Waals surface area (Å²) in [5.41, 5.74) is 2.39. The topological polar surface area (TPSA) is 88.8 Å². The summed E-state index contributed by atoms with van der Waals surface area (Å²) in [5.74, 6) is -0.0845. The number of rotatable bonds is 1. The van der Waals surface area contributed by atoms with E-state index in [9.17, 15) is 9.59 Å². The van der Waals surface area contributed by atoms with Crippen LogP contribution in [0.3, 0.4) is 0 Å². The third-order valence-electron chi connectivity index (χ3n) is 5.00. The Morgan fingerprint density at radius 2 is 2.12 bits per heavy atom. The average Bonchev–Trinajstić information content (AvgIpc) is 3.05. The molecule has 132 valence electrons. The lowest BCUT2D eigenvalue weighted by Gasteiger charge is -2.24. The molecular formula is C17H21N5O3. The highest BCUT2D eigenvalue weighted by Crippen LogP contribution is 2.29. The highest BCUT2D eigenvalue weighted by Gasteiger charge is 2.42. The summed E-state index contributed by atoms with van der Waals surface area (Å²) in [6, 6.07) is 3.64. The second-order valence-corrected chi connectivity index (χ2v) is 6.91. The molecule has 4 rings (SSSR count). The molecule has 0 radical (unpaired) electrons. The van der Waals surface area contributed by atoms with Crippen molar-refractivity contribution in [3.05, 3.63) is 29.2 Å². The predicted octanol–water partition coefficient (Wildman–Crippen LogP) is 1.45. The first kappa shape index (κ1) is 15.9. The van der Waals surface area contributed by atoms with Crippen molar-refractivity contribution in [1.82, 2.24) is 24.8 Å². The van der Waals surface area contributed by atoms with Crippen LogP contribution >= 0.6 is 0 Å². The summed E-state index contributed by atoms with van der Waals surface area (Å²) in [7, 11) is 0. The highest BCUT2D eigenvalue weighted by atomic mass is 16.6. The van der Waals surface area contributed by atoms with Gasteiger partial charge in [0.1, 0.15) is 11.3 Å². The summed E-state index contributed by atoms with van der Waals surface area (Å²) in [6.07, 6.45) is 1.85. The van der Waals surface area contributed by atoms with Gasteiger partial charge >= 0.3 is 6.09 Å². The van der Waals surface area contributed by atoms with Crippen LogP contribution in [0.4, 0.5) is 4.79 Å². The summed E-state index contributed by atoms with van der Waals surface area (Å²) < 4.78 is 7.21. The van der Waals surface area contributed by atoms with Crippen LogP contribution in [-0.2, 0) is 4.74 Å². The molecule has 1 spiro atoms. The molecule has 4 heterocycles. The van der Waals surface area contributed by atoms with Crippen molar-refractivity contribution >= 4 is 17.6 Å². The molecule has 8 heteroatoms. The van der Waals surface area contributed by atoms with Gasteiger partial charge in [-0.15, -0.1) is 0 Å². The molecular weight excluding hydrogens is 322 g/mol. The number of amides is 2.